The molecule has 0 aliphatic heterocycles. The van der Waals surface area contributed by atoms with Gasteiger partial charge in [-0.25, -0.2) is 13.1 Å². The summed E-state index contributed by atoms with van der Waals surface area (Å²) in [5, 5.41) is 8.86. The monoisotopic (exact) mass is 265 g/mol. The van der Waals surface area contributed by atoms with E-state index in [9.17, 15) is 8.42 Å². The third kappa shape index (κ3) is 9.56. The lowest BCUT2D eigenvalue weighted by Crippen LogP contribution is -2.36. The Morgan fingerprint density at radius 1 is 1.06 bits per heavy atom. The smallest absolute Gasteiger partial charge is 0.211 e. The second-order valence-electron chi connectivity index (χ2n) is 6.59. The van der Waals surface area contributed by atoms with Crippen LogP contribution in [0.5, 0.6) is 0 Å². The largest absolute Gasteiger partial charge is 0.396 e. The summed E-state index contributed by atoms with van der Waals surface area (Å²) in [4.78, 5) is 0. The normalized spacial score (nSPS) is 14.0. The number of rotatable bonds is 7. The maximum Gasteiger partial charge on any atom is 0.211 e. The minimum Gasteiger partial charge on any atom is -0.396 e. The molecule has 0 aliphatic rings. The van der Waals surface area contributed by atoms with Crippen molar-refractivity contribution in [3.05, 3.63) is 0 Å². The van der Waals surface area contributed by atoms with E-state index in [2.05, 4.69) is 4.72 Å². The highest BCUT2D eigenvalue weighted by molar-refractivity contribution is 7.89. The van der Waals surface area contributed by atoms with Gasteiger partial charge in [-0.05, 0) is 23.7 Å². The van der Waals surface area contributed by atoms with Crippen LogP contribution in [0.1, 0.15) is 47.5 Å². The molecule has 0 aromatic carbocycles. The highest BCUT2D eigenvalue weighted by Gasteiger charge is 2.22. The third-order valence-corrected chi connectivity index (χ3v) is 4.01. The Bertz CT molecular complexity index is 315. The van der Waals surface area contributed by atoms with Gasteiger partial charge >= 0.3 is 0 Å². The van der Waals surface area contributed by atoms with Crippen LogP contribution in [0.25, 0.3) is 0 Å². The van der Waals surface area contributed by atoms with Gasteiger partial charge in [0, 0.05) is 13.2 Å². The quantitative estimate of drug-likeness (QED) is 0.737. The van der Waals surface area contributed by atoms with Crippen LogP contribution in [0.4, 0.5) is 0 Å². The zero-order valence-electron chi connectivity index (χ0n) is 11.7. The lowest BCUT2D eigenvalue weighted by Gasteiger charge is -2.24. The Balaban J connectivity index is 4.19. The lowest BCUT2D eigenvalue weighted by atomic mass is 9.90. The molecule has 0 heterocycles. The number of hydrogen-bond acceptors (Lipinski definition) is 3. The van der Waals surface area contributed by atoms with Gasteiger partial charge in [0.05, 0.1) is 5.75 Å². The van der Waals surface area contributed by atoms with Crippen molar-refractivity contribution in [3.63, 3.8) is 0 Å². The van der Waals surface area contributed by atoms with E-state index in [1.54, 1.807) is 0 Å². The molecule has 0 radical (unpaired) electrons. The summed E-state index contributed by atoms with van der Waals surface area (Å²) < 4.78 is 26.1. The fraction of sp³-hybridized carbons (Fsp3) is 1.00. The molecule has 0 aromatic rings. The molecule has 0 atom stereocenters. The number of nitrogens with one attached hydrogen (secondary N) is 1. The summed E-state index contributed by atoms with van der Waals surface area (Å²) in [6.07, 6.45) is 1.23. The molecule has 5 heteroatoms. The molecule has 104 valence electrons. The third-order valence-electron chi connectivity index (χ3n) is 2.68. The Hall–Kier alpha value is -0.130. The van der Waals surface area contributed by atoms with E-state index in [4.69, 9.17) is 5.11 Å². The minimum absolute atomic E-state index is 0.0232. The van der Waals surface area contributed by atoms with Crippen LogP contribution in [-0.4, -0.2) is 32.4 Å². The molecule has 4 nitrogen and oxygen atoms in total. The van der Waals surface area contributed by atoms with Crippen LogP contribution >= 0.6 is 0 Å². The van der Waals surface area contributed by atoms with Gasteiger partial charge in [0.2, 0.25) is 10.0 Å². The van der Waals surface area contributed by atoms with Crippen molar-refractivity contribution < 1.29 is 13.5 Å². The molecule has 0 saturated carbocycles. The Kier molecular flexibility index (Phi) is 6.11. The number of aliphatic hydroxyl groups excluding tert-OH is 1. The van der Waals surface area contributed by atoms with E-state index < -0.39 is 10.0 Å². The molecule has 0 fully saturated rings. The van der Waals surface area contributed by atoms with Gasteiger partial charge in [0.15, 0.2) is 0 Å². The molecular formula is C12H27NO3S. The van der Waals surface area contributed by atoms with Crippen molar-refractivity contribution in [2.45, 2.75) is 47.5 Å². The zero-order valence-corrected chi connectivity index (χ0v) is 12.5. The first-order valence-corrected chi connectivity index (χ1v) is 7.71. The van der Waals surface area contributed by atoms with E-state index in [1.807, 2.05) is 34.6 Å². The van der Waals surface area contributed by atoms with Gasteiger partial charge in [0.1, 0.15) is 0 Å². The average molecular weight is 265 g/mol. The summed E-state index contributed by atoms with van der Waals surface area (Å²) in [7, 11) is -3.20. The van der Waals surface area contributed by atoms with Crippen LogP contribution in [0.3, 0.4) is 0 Å². The Labute approximate surface area is 106 Å². The highest BCUT2D eigenvalue weighted by atomic mass is 32.2. The Morgan fingerprint density at radius 2 is 1.59 bits per heavy atom. The van der Waals surface area contributed by atoms with E-state index >= 15 is 0 Å². The predicted octanol–water partition coefficient (Wildman–Crippen LogP) is 1.75. The minimum atomic E-state index is -3.20. The fourth-order valence-electron chi connectivity index (χ4n) is 1.21. The van der Waals surface area contributed by atoms with E-state index in [0.717, 1.165) is 0 Å². The summed E-state index contributed by atoms with van der Waals surface area (Å²) in [6, 6.07) is 0. The van der Waals surface area contributed by atoms with E-state index in [1.165, 1.54) is 0 Å². The molecule has 0 unspecified atom stereocenters. The van der Waals surface area contributed by atoms with Crippen molar-refractivity contribution in [1.29, 1.82) is 0 Å². The summed E-state index contributed by atoms with van der Waals surface area (Å²) >= 11 is 0. The van der Waals surface area contributed by atoms with Gasteiger partial charge in [-0.2, -0.15) is 0 Å². The van der Waals surface area contributed by atoms with Crippen molar-refractivity contribution in [2.75, 3.05) is 18.9 Å². The predicted molar refractivity (Wildman–Crippen MR) is 71.3 cm³/mol. The Morgan fingerprint density at radius 3 is 2.00 bits per heavy atom. The molecule has 0 amide bonds. The first-order valence-electron chi connectivity index (χ1n) is 6.06. The number of sulfonamides is 1. The average Bonchev–Trinajstić information content (AvgIpc) is 2.12. The first-order chi connectivity index (χ1) is 7.47. The molecule has 0 spiro atoms. The topological polar surface area (TPSA) is 66.4 Å². The number of aliphatic hydroxyl groups is 1. The van der Waals surface area contributed by atoms with Gasteiger partial charge < -0.3 is 5.11 Å². The summed E-state index contributed by atoms with van der Waals surface area (Å²) in [6.45, 7) is 10.4. The molecule has 17 heavy (non-hydrogen) atoms. The second kappa shape index (κ2) is 6.16. The number of hydrogen-bond donors (Lipinski definition) is 2. The summed E-state index contributed by atoms with van der Waals surface area (Å²) in [5.41, 5.74) is -0.182. The molecular weight excluding hydrogens is 238 g/mol. The van der Waals surface area contributed by atoms with E-state index in [-0.39, 0.29) is 23.2 Å². The zero-order chi connectivity index (χ0) is 13.7. The standard InChI is InChI=1S/C12H27NO3S/c1-11(2,3)7-9-17(15,16)13-10-12(4,5)6-8-14/h13-14H,6-10H2,1-5H3. The molecule has 0 rings (SSSR count). The first kappa shape index (κ1) is 16.9. The maximum atomic E-state index is 11.8. The van der Waals surface area contributed by atoms with Crippen LogP contribution in [0, 0.1) is 10.8 Å². The lowest BCUT2D eigenvalue weighted by molar-refractivity contribution is 0.213. The molecule has 0 bridgehead atoms. The van der Waals surface area contributed by atoms with Gasteiger partial charge in [0.25, 0.3) is 0 Å². The van der Waals surface area contributed by atoms with Crippen molar-refractivity contribution in [3.8, 4) is 0 Å². The van der Waals surface area contributed by atoms with Crippen LogP contribution in [0.2, 0.25) is 0 Å². The second-order valence-corrected chi connectivity index (χ2v) is 8.51. The summed E-state index contributed by atoms with van der Waals surface area (Å²) in [5.74, 6) is 0.158. The molecule has 0 aromatic heterocycles. The van der Waals surface area contributed by atoms with Gasteiger partial charge in [-0.3, -0.25) is 0 Å². The van der Waals surface area contributed by atoms with Crippen LogP contribution < -0.4 is 4.72 Å². The van der Waals surface area contributed by atoms with Crippen molar-refractivity contribution in [1.82, 2.24) is 4.72 Å². The maximum absolute atomic E-state index is 11.8. The molecule has 0 aliphatic carbocycles. The van der Waals surface area contributed by atoms with Crippen molar-refractivity contribution in [2.24, 2.45) is 10.8 Å². The van der Waals surface area contributed by atoms with Gasteiger partial charge in [-0.1, -0.05) is 34.6 Å². The molecule has 2 N–H and O–H groups in total. The molecule has 0 saturated heterocycles. The fourth-order valence-corrected chi connectivity index (χ4v) is 2.85. The van der Waals surface area contributed by atoms with Crippen LogP contribution in [0.15, 0.2) is 0 Å². The van der Waals surface area contributed by atoms with Crippen molar-refractivity contribution >= 4 is 10.0 Å². The van der Waals surface area contributed by atoms with Gasteiger partial charge in [-0.15, -0.1) is 0 Å². The SMILES string of the molecule is CC(C)(C)CCS(=O)(=O)NCC(C)(C)CCO. The van der Waals surface area contributed by atoms with E-state index in [0.29, 0.717) is 19.4 Å². The highest BCUT2D eigenvalue weighted by Crippen LogP contribution is 2.20. The van der Waals surface area contributed by atoms with Crippen LogP contribution in [-0.2, 0) is 10.0 Å².